The minimum atomic E-state index is 0.0777. The van der Waals surface area contributed by atoms with Crippen molar-refractivity contribution in [2.45, 2.75) is 39.0 Å². The fourth-order valence-corrected chi connectivity index (χ4v) is 3.31. The SMILES string of the molecule is CC(C)c1cc(C(=O)N2CCC3(CCNC3)CC2)n[nH]1. The predicted octanol–water partition coefficient (Wildman–Crippen LogP) is 1.75. The van der Waals surface area contributed by atoms with Crippen molar-refractivity contribution in [1.82, 2.24) is 20.4 Å². The van der Waals surface area contributed by atoms with Crippen molar-refractivity contribution in [3.63, 3.8) is 0 Å². The summed E-state index contributed by atoms with van der Waals surface area (Å²) in [5.41, 5.74) is 2.04. The third-order valence-electron chi connectivity index (χ3n) is 4.88. The number of carbonyl (C=O) groups is 1. The van der Waals surface area contributed by atoms with E-state index >= 15 is 0 Å². The van der Waals surface area contributed by atoms with E-state index in [4.69, 9.17) is 0 Å². The van der Waals surface area contributed by atoms with E-state index in [9.17, 15) is 4.79 Å². The number of hydrogen-bond acceptors (Lipinski definition) is 3. The average molecular weight is 276 g/mol. The Hall–Kier alpha value is -1.36. The first-order valence-corrected chi connectivity index (χ1v) is 7.65. The largest absolute Gasteiger partial charge is 0.337 e. The van der Waals surface area contributed by atoms with E-state index in [1.807, 2.05) is 11.0 Å². The maximum atomic E-state index is 12.5. The first kappa shape index (κ1) is 13.6. The van der Waals surface area contributed by atoms with Gasteiger partial charge in [-0.25, -0.2) is 0 Å². The number of H-pyrrole nitrogens is 1. The Labute approximate surface area is 120 Å². The molecule has 1 aromatic rings. The molecule has 2 fully saturated rings. The van der Waals surface area contributed by atoms with Gasteiger partial charge in [0.15, 0.2) is 0 Å². The minimum Gasteiger partial charge on any atom is -0.337 e. The van der Waals surface area contributed by atoms with Gasteiger partial charge in [-0.1, -0.05) is 13.8 Å². The van der Waals surface area contributed by atoms with Gasteiger partial charge in [0.05, 0.1) is 0 Å². The topological polar surface area (TPSA) is 61.0 Å². The molecule has 0 bridgehead atoms. The summed E-state index contributed by atoms with van der Waals surface area (Å²) in [7, 11) is 0. The lowest BCUT2D eigenvalue weighted by molar-refractivity contribution is 0.0602. The van der Waals surface area contributed by atoms with Crippen molar-refractivity contribution in [2.24, 2.45) is 5.41 Å². The Kier molecular flexibility index (Phi) is 3.54. The second-order valence-electron chi connectivity index (χ2n) is 6.58. The lowest BCUT2D eigenvalue weighted by Crippen LogP contribution is -2.44. The van der Waals surface area contributed by atoms with E-state index < -0.39 is 0 Å². The molecule has 1 amide bonds. The summed E-state index contributed by atoms with van der Waals surface area (Å²) in [6.07, 6.45) is 3.50. The molecule has 2 N–H and O–H groups in total. The van der Waals surface area contributed by atoms with Crippen molar-refractivity contribution in [3.8, 4) is 0 Å². The Morgan fingerprint density at radius 3 is 2.65 bits per heavy atom. The molecule has 110 valence electrons. The maximum Gasteiger partial charge on any atom is 0.274 e. The van der Waals surface area contributed by atoms with E-state index in [0.717, 1.165) is 44.7 Å². The third kappa shape index (κ3) is 2.46. The molecule has 3 rings (SSSR count). The van der Waals surface area contributed by atoms with Crippen molar-refractivity contribution < 1.29 is 4.79 Å². The van der Waals surface area contributed by atoms with Gasteiger partial charge in [0.1, 0.15) is 5.69 Å². The van der Waals surface area contributed by atoms with E-state index in [-0.39, 0.29) is 5.91 Å². The Morgan fingerprint density at radius 2 is 2.10 bits per heavy atom. The standard InChI is InChI=1S/C15H24N4O/c1-11(2)12-9-13(18-17-12)14(20)19-7-4-15(5-8-19)3-6-16-10-15/h9,11,16H,3-8,10H2,1-2H3,(H,17,18). The Bertz CT molecular complexity index is 478. The molecular weight excluding hydrogens is 252 g/mol. The smallest absolute Gasteiger partial charge is 0.274 e. The highest BCUT2D eigenvalue weighted by Gasteiger charge is 2.38. The molecule has 3 heterocycles. The van der Waals surface area contributed by atoms with Crippen LogP contribution in [0.5, 0.6) is 0 Å². The van der Waals surface area contributed by atoms with Crippen LogP contribution in [0.4, 0.5) is 0 Å². The minimum absolute atomic E-state index is 0.0777. The highest BCUT2D eigenvalue weighted by atomic mass is 16.2. The molecule has 0 saturated carbocycles. The molecule has 5 heteroatoms. The normalized spacial score (nSPS) is 21.9. The fraction of sp³-hybridized carbons (Fsp3) is 0.733. The van der Waals surface area contributed by atoms with Gasteiger partial charge in [-0.05, 0) is 43.2 Å². The average Bonchev–Trinajstić information content (AvgIpc) is 3.08. The number of nitrogens with zero attached hydrogens (tertiary/aromatic N) is 2. The highest BCUT2D eigenvalue weighted by Crippen LogP contribution is 2.37. The van der Waals surface area contributed by atoms with E-state index in [1.54, 1.807) is 0 Å². The van der Waals surface area contributed by atoms with Crippen LogP contribution in [0.1, 0.15) is 55.2 Å². The summed E-state index contributed by atoms with van der Waals surface area (Å²) in [6, 6.07) is 1.90. The molecule has 5 nitrogen and oxygen atoms in total. The van der Waals surface area contributed by atoms with Crippen LogP contribution in [0.2, 0.25) is 0 Å². The molecular formula is C15H24N4O. The monoisotopic (exact) mass is 276 g/mol. The predicted molar refractivity (Wildman–Crippen MR) is 77.7 cm³/mol. The molecule has 0 unspecified atom stereocenters. The number of piperidine rings is 1. The summed E-state index contributed by atoms with van der Waals surface area (Å²) in [5, 5.41) is 10.6. The summed E-state index contributed by atoms with van der Waals surface area (Å²) >= 11 is 0. The molecule has 0 aromatic carbocycles. The molecule has 1 aromatic heterocycles. The molecule has 20 heavy (non-hydrogen) atoms. The van der Waals surface area contributed by atoms with Crippen molar-refractivity contribution in [3.05, 3.63) is 17.5 Å². The number of nitrogens with one attached hydrogen (secondary N) is 2. The van der Waals surface area contributed by atoms with Crippen LogP contribution in [0.15, 0.2) is 6.07 Å². The highest BCUT2D eigenvalue weighted by molar-refractivity contribution is 5.92. The van der Waals surface area contributed by atoms with Gasteiger partial charge in [-0.3, -0.25) is 9.89 Å². The number of carbonyl (C=O) groups excluding carboxylic acids is 1. The summed E-state index contributed by atoms with van der Waals surface area (Å²) in [4.78, 5) is 14.4. The van der Waals surface area contributed by atoms with Crippen LogP contribution >= 0.6 is 0 Å². The Morgan fingerprint density at radius 1 is 1.35 bits per heavy atom. The molecule has 2 aliphatic heterocycles. The third-order valence-corrected chi connectivity index (χ3v) is 4.88. The van der Waals surface area contributed by atoms with Crippen molar-refractivity contribution in [1.29, 1.82) is 0 Å². The first-order valence-electron chi connectivity index (χ1n) is 7.65. The number of aromatic nitrogens is 2. The van der Waals surface area contributed by atoms with E-state index in [2.05, 4.69) is 29.4 Å². The molecule has 0 radical (unpaired) electrons. The van der Waals surface area contributed by atoms with Crippen molar-refractivity contribution in [2.75, 3.05) is 26.2 Å². The first-order chi connectivity index (χ1) is 9.60. The van der Waals surface area contributed by atoms with Crippen LogP contribution in [-0.4, -0.2) is 47.2 Å². The number of likely N-dealkylation sites (tertiary alicyclic amines) is 1. The second-order valence-corrected chi connectivity index (χ2v) is 6.58. The van der Waals surface area contributed by atoms with Gasteiger partial charge in [-0.2, -0.15) is 5.10 Å². The van der Waals surface area contributed by atoms with Crippen LogP contribution in [0, 0.1) is 5.41 Å². The zero-order chi connectivity index (χ0) is 14.2. The van der Waals surface area contributed by atoms with Crippen LogP contribution in [-0.2, 0) is 0 Å². The van der Waals surface area contributed by atoms with Crippen LogP contribution in [0.25, 0.3) is 0 Å². The molecule has 0 atom stereocenters. The molecule has 0 aliphatic carbocycles. The van der Waals surface area contributed by atoms with E-state index in [1.165, 1.54) is 6.42 Å². The van der Waals surface area contributed by atoms with Crippen molar-refractivity contribution >= 4 is 5.91 Å². The molecule has 2 aliphatic rings. The Balaban J connectivity index is 1.63. The van der Waals surface area contributed by atoms with Gasteiger partial charge >= 0.3 is 0 Å². The van der Waals surface area contributed by atoms with Gasteiger partial charge in [0.25, 0.3) is 5.91 Å². The summed E-state index contributed by atoms with van der Waals surface area (Å²) in [6.45, 7) is 8.17. The van der Waals surface area contributed by atoms with Gasteiger partial charge < -0.3 is 10.2 Å². The summed E-state index contributed by atoms with van der Waals surface area (Å²) in [5.74, 6) is 0.451. The number of amides is 1. The maximum absolute atomic E-state index is 12.5. The second kappa shape index (κ2) is 5.20. The lowest BCUT2D eigenvalue weighted by Gasteiger charge is -2.38. The number of hydrogen-bond donors (Lipinski definition) is 2. The molecule has 2 saturated heterocycles. The zero-order valence-electron chi connectivity index (χ0n) is 12.4. The molecule has 1 spiro atoms. The van der Waals surface area contributed by atoms with Gasteiger partial charge in [0.2, 0.25) is 0 Å². The van der Waals surface area contributed by atoms with Crippen LogP contribution in [0.3, 0.4) is 0 Å². The van der Waals surface area contributed by atoms with Gasteiger partial charge in [-0.15, -0.1) is 0 Å². The summed E-state index contributed by atoms with van der Waals surface area (Å²) < 4.78 is 0. The fourth-order valence-electron chi connectivity index (χ4n) is 3.31. The lowest BCUT2D eigenvalue weighted by atomic mass is 9.78. The zero-order valence-corrected chi connectivity index (χ0v) is 12.4. The van der Waals surface area contributed by atoms with E-state index in [0.29, 0.717) is 17.0 Å². The quantitative estimate of drug-likeness (QED) is 0.865. The van der Waals surface area contributed by atoms with Gasteiger partial charge in [0, 0.05) is 25.3 Å². The van der Waals surface area contributed by atoms with Crippen LogP contribution < -0.4 is 5.32 Å². The number of aromatic amines is 1. The number of rotatable bonds is 2.